The predicted molar refractivity (Wildman–Crippen MR) is 68.3 cm³/mol. The Labute approximate surface area is 107 Å². The molecule has 0 bridgehead atoms. The number of rotatable bonds is 5. The lowest BCUT2D eigenvalue weighted by Crippen LogP contribution is -2.22. The minimum absolute atomic E-state index is 0.0677. The molecule has 1 rings (SSSR count). The number of nitrogens with one attached hydrogen (secondary N) is 1. The number of nitrogens with zero attached hydrogens (tertiary/aromatic N) is 1. The van der Waals surface area contributed by atoms with Gasteiger partial charge in [0.05, 0.1) is 11.8 Å². The number of ether oxygens (including phenoxy) is 1. The lowest BCUT2D eigenvalue weighted by atomic mass is 10.2. The van der Waals surface area contributed by atoms with Crippen LogP contribution in [0.15, 0.2) is 18.2 Å². The molecular weight excluding hydrogens is 254 g/mol. The summed E-state index contributed by atoms with van der Waals surface area (Å²) < 4.78 is 29.6. The second-order valence-corrected chi connectivity index (χ2v) is 5.07. The van der Waals surface area contributed by atoms with Gasteiger partial charge in [0.1, 0.15) is 17.4 Å². The molecule has 0 fully saturated rings. The summed E-state index contributed by atoms with van der Waals surface area (Å²) in [7, 11) is -3.92. The molecule has 0 spiro atoms. The van der Waals surface area contributed by atoms with E-state index >= 15 is 0 Å². The van der Waals surface area contributed by atoms with Crippen LogP contribution in [0.1, 0.15) is 25.8 Å². The molecule has 98 valence electrons. The molecule has 0 heterocycles. The molecule has 0 aliphatic carbocycles. The molecule has 1 atom stereocenters. The molecule has 0 saturated heterocycles. The molecule has 0 saturated carbocycles. The van der Waals surface area contributed by atoms with Crippen molar-refractivity contribution in [3.63, 3.8) is 0 Å². The third kappa shape index (κ3) is 3.91. The number of anilines is 1. The smallest absolute Gasteiger partial charge is 0.296 e. The molecule has 1 aromatic rings. The van der Waals surface area contributed by atoms with Crippen molar-refractivity contribution in [3.05, 3.63) is 23.8 Å². The molecule has 0 aromatic heterocycles. The van der Waals surface area contributed by atoms with Crippen molar-refractivity contribution in [2.24, 2.45) is 5.14 Å². The van der Waals surface area contributed by atoms with Crippen molar-refractivity contribution in [1.82, 2.24) is 0 Å². The third-order valence-corrected chi connectivity index (χ3v) is 2.80. The first-order valence-electron chi connectivity index (χ1n) is 5.37. The van der Waals surface area contributed by atoms with Gasteiger partial charge in [0.2, 0.25) is 0 Å². The highest BCUT2D eigenvalue weighted by atomic mass is 32.2. The van der Waals surface area contributed by atoms with E-state index in [-0.39, 0.29) is 17.4 Å². The molecule has 3 N–H and O–H groups in total. The molecular formula is C11H15N3O3S. The summed E-state index contributed by atoms with van der Waals surface area (Å²) in [6, 6.07) is 6.56. The zero-order chi connectivity index (χ0) is 13.8. The summed E-state index contributed by atoms with van der Waals surface area (Å²) in [5.74, 6) is 0.334. The van der Waals surface area contributed by atoms with Crippen molar-refractivity contribution < 1.29 is 13.2 Å². The first-order chi connectivity index (χ1) is 8.37. The van der Waals surface area contributed by atoms with Crippen molar-refractivity contribution in [1.29, 1.82) is 5.26 Å². The Morgan fingerprint density at radius 1 is 1.56 bits per heavy atom. The molecule has 0 radical (unpaired) electrons. The Morgan fingerprint density at radius 2 is 2.22 bits per heavy atom. The van der Waals surface area contributed by atoms with Gasteiger partial charge in [-0.1, -0.05) is 13.0 Å². The first kappa shape index (κ1) is 14.3. The fraction of sp³-hybridized carbons (Fsp3) is 0.364. The van der Waals surface area contributed by atoms with Gasteiger partial charge in [-0.25, -0.2) is 5.14 Å². The maximum absolute atomic E-state index is 11.0. The molecule has 1 aromatic carbocycles. The number of hydrogen-bond acceptors (Lipinski definition) is 4. The molecule has 0 aliphatic rings. The topological polar surface area (TPSA) is 105 Å². The van der Waals surface area contributed by atoms with Crippen LogP contribution < -0.4 is 14.6 Å². The van der Waals surface area contributed by atoms with Crippen LogP contribution in [0.4, 0.5) is 5.69 Å². The van der Waals surface area contributed by atoms with Crippen LogP contribution in [0.5, 0.6) is 5.75 Å². The number of hydrogen-bond donors (Lipinski definition) is 2. The lowest BCUT2D eigenvalue weighted by molar-refractivity contribution is 0.217. The second kappa shape index (κ2) is 5.71. The van der Waals surface area contributed by atoms with Gasteiger partial charge in [-0.15, -0.1) is 0 Å². The van der Waals surface area contributed by atoms with Crippen molar-refractivity contribution in [2.75, 3.05) is 4.72 Å². The molecule has 0 unspecified atom stereocenters. The van der Waals surface area contributed by atoms with Crippen LogP contribution >= 0.6 is 0 Å². The van der Waals surface area contributed by atoms with Gasteiger partial charge >= 0.3 is 0 Å². The van der Waals surface area contributed by atoms with E-state index in [1.807, 2.05) is 19.9 Å². The zero-order valence-corrected chi connectivity index (χ0v) is 11.0. The van der Waals surface area contributed by atoms with E-state index in [0.29, 0.717) is 5.75 Å². The SMILES string of the molecule is CC[C@H](C)Oc1cccc(NS(N)(=O)=O)c1C#N. The van der Waals surface area contributed by atoms with Crippen LogP contribution in [0.2, 0.25) is 0 Å². The Bertz CT molecular complexity index is 563. The van der Waals surface area contributed by atoms with Gasteiger partial charge < -0.3 is 4.74 Å². The second-order valence-electron chi connectivity index (χ2n) is 3.77. The maximum Gasteiger partial charge on any atom is 0.296 e. The van der Waals surface area contributed by atoms with E-state index < -0.39 is 10.2 Å². The summed E-state index contributed by atoms with van der Waals surface area (Å²) in [5.41, 5.74) is 0.229. The van der Waals surface area contributed by atoms with E-state index in [0.717, 1.165) is 6.42 Å². The maximum atomic E-state index is 11.0. The van der Waals surface area contributed by atoms with E-state index in [1.54, 1.807) is 12.1 Å². The highest BCUT2D eigenvalue weighted by Gasteiger charge is 2.14. The van der Waals surface area contributed by atoms with Crippen molar-refractivity contribution in [2.45, 2.75) is 26.4 Å². The Hall–Kier alpha value is -1.78. The van der Waals surface area contributed by atoms with Crippen LogP contribution in [0, 0.1) is 11.3 Å². The zero-order valence-electron chi connectivity index (χ0n) is 10.2. The van der Waals surface area contributed by atoms with Gasteiger partial charge in [-0.2, -0.15) is 13.7 Å². The standard InChI is InChI=1S/C11H15N3O3S/c1-3-8(2)17-11-6-4-5-10(9(11)7-12)14-18(13,15)16/h4-6,8,14H,3H2,1-2H3,(H2,13,15,16)/t8-/m0/s1. The monoisotopic (exact) mass is 269 g/mol. The average Bonchev–Trinajstić information content (AvgIpc) is 2.27. The van der Waals surface area contributed by atoms with Crippen LogP contribution in [0.25, 0.3) is 0 Å². The van der Waals surface area contributed by atoms with Gasteiger partial charge in [0.15, 0.2) is 0 Å². The molecule has 6 nitrogen and oxygen atoms in total. The quantitative estimate of drug-likeness (QED) is 0.841. The summed E-state index contributed by atoms with van der Waals surface area (Å²) >= 11 is 0. The summed E-state index contributed by atoms with van der Waals surface area (Å²) in [6.07, 6.45) is 0.708. The van der Waals surface area contributed by atoms with E-state index in [4.69, 9.17) is 15.1 Å². The number of nitriles is 1. The van der Waals surface area contributed by atoms with Crippen molar-refractivity contribution in [3.8, 4) is 11.8 Å². The van der Waals surface area contributed by atoms with Gasteiger partial charge in [-0.3, -0.25) is 4.72 Å². The highest BCUT2D eigenvalue weighted by molar-refractivity contribution is 7.90. The Kier molecular flexibility index (Phi) is 4.53. The van der Waals surface area contributed by atoms with Crippen molar-refractivity contribution >= 4 is 15.9 Å². The lowest BCUT2D eigenvalue weighted by Gasteiger charge is -2.15. The summed E-state index contributed by atoms with van der Waals surface area (Å²) in [6.45, 7) is 3.81. The summed E-state index contributed by atoms with van der Waals surface area (Å²) in [4.78, 5) is 0. The number of nitrogens with two attached hydrogens (primary N) is 1. The fourth-order valence-corrected chi connectivity index (χ4v) is 1.76. The van der Waals surface area contributed by atoms with Crippen LogP contribution in [-0.2, 0) is 10.2 Å². The highest BCUT2D eigenvalue weighted by Crippen LogP contribution is 2.27. The minimum Gasteiger partial charge on any atom is -0.489 e. The van der Waals surface area contributed by atoms with Gasteiger partial charge in [-0.05, 0) is 25.5 Å². The van der Waals surface area contributed by atoms with Crippen LogP contribution in [-0.4, -0.2) is 14.5 Å². The average molecular weight is 269 g/mol. The van der Waals surface area contributed by atoms with E-state index in [2.05, 4.69) is 4.72 Å². The molecule has 0 aliphatic heterocycles. The van der Waals surface area contributed by atoms with Gasteiger partial charge in [0, 0.05) is 0 Å². The summed E-state index contributed by atoms with van der Waals surface area (Å²) in [5, 5.41) is 14.0. The normalized spacial score (nSPS) is 12.6. The van der Waals surface area contributed by atoms with Gasteiger partial charge in [0.25, 0.3) is 10.2 Å². The molecule has 18 heavy (non-hydrogen) atoms. The minimum atomic E-state index is -3.92. The Balaban J connectivity index is 3.15. The third-order valence-electron chi connectivity index (χ3n) is 2.29. The van der Waals surface area contributed by atoms with Crippen LogP contribution in [0.3, 0.4) is 0 Å². The Morgan fingerprint density at radius 3 is 2.72 bits per heavy atom. The van der Waals surface area contributed by atoms with E-state index in [1.165, 1.54) is 6.07 Å². The predicted octanol–water partition coefficient (Wildman–Crippen LogP) is 1.35. The molecule has 7 heteroatoms. The number of benzene rings is 1. The molecule has 0 amide bonds. The van der Waals surface area contributed by atoms with E-state index in [9.17, 15) is 8.42 Å². The fourth-order valence-electron chi connectivity index (χ4n) is 1.28. The largest absolute Gasteiger partial charge is 0.489 e. The first-order valence-corrected chi connectivity index (χ1v) is 6.92.